The van der Waals surface area contributed by atoms with E-state index in [1.54, 1.807) is 6.07 Å². The van der Waals surface area contributed by atoms with Gasteiger partial charge in [-0.1, -0.05) is 0 Å². The Kier molecular flexibility index (Phi) is 3.94. The number of halogens is 5. The molecular formula is C12H7BrF4N2O. The largest absolute Gasteiger partial charge is 0.417 e. The van der Waals surface area contributed by atoms with Crippen molar-refractivity contribution in [3.63, 3.8) is 0 Å². The van der Waals surface area contributed by atoms with Gasteiger partial charge in [-0.3, -0.25) is 9.78 Å². The summed E-state index contributed by atoms with van der Waals surface area (Å²) in [6.07, 6.45) is -1.26. The molecule has 8 heteroatoms. The van der Waals surface area contributed by atoms with Crippen molar-refractivity contribution >= 4 is 15.9 Å². The second-order valence-electron chi connectivity index (χ2n) is 4.02. The predicted molar refractivity (Wildman–Crippen MR) is 66.7 cm³/mol. The van der Waals surface area contributed by atoms with Gasteiger partial charge in [-0.25, -0.2) is 4.39 Å². The normalized spacial score (nSPS) is 11.7. The predicted octanol–water partition coefficient (Wildman–Crippen LogP) is 3.21. The highest BCUT2D eigenvalue weighted by Crippen LogP contribution is 2.28. The van der Waals surface area contributed by atoms with Crippen molar-refractivity contribution in [2.45, 2.75) is 12.7 Å². The molecular weight excluding hydrogens is 344 g/mol. The first-order valence-electron chi connectivity index (χ1n) is 5.34. The molecule has 0 fully saturated rings. The van der Waals surface area contributed by atoms with Crippen LogP contribution in [0.5, 0.6) is 0 Å². The first-order valence-corrected chi connectivity index (χ1v) is 6.13. The van der Waals surface area contributed by atoms with E-state index in [0.717, 1.165) is 0 Å². The third kappa shape index (κ3) is 3.24. The Balaban J connectivity index is 2.46. The molecule has 2 aromatic rings. The van der Waals surface area contributed by atoms with E-state index in [9.17, 15) is 22.4 Å². The highest BCUT2D eigenvalue weighted by Gasteiger charge is 2.32. The van der Waals surface area contributed by atoms with Crippen molar-refractivity contribution in [3.8, 4) is 0 Å². The minimum Gasteiger partial charge on any atom is -0.308 e. The van der Waals surface area contributed by atoms with Gasteiger partial charge in [0.25, 0.3) is 5.56 Å². The van der Waals surface area contributed by atoms with Crippen LogP contribution in [0, 0.1) is 5.82 Å². The van der Waals surface area contributed by atoms with Crippen LogP contribution in [0.25, 0.3) is 0 Å². The number of rotatable bonds is 2. The van der Waals surface area contributed by atoms with Crippen LogP contribution in [0.2, 0.25) is 0 Å². The topological polar surface area (TPSA) is 34.9 Å². The Morgan fingerprint density at radius 1 is 1.25 bits per heavy atom. The summed E-state index contributed by atoms with van der Waals surface area (Å²) >= 11 is 3.15. The molecule has 2 aromatic heterocycles. The van der Waals surface area contributed by atoms with Gasteiger partial charge in [-0.05, 0) is 33.6 Å². The van der Waals surface area contributed by atoms with E-state index < -0.39 is 23.1 Å². The van der Waals surface area contributed by atoms with E-state index in [-0.39, 0.29) is 12.6 Å². The molecule has 0 saturated carbocycles. The summed E-state index contributed by atoms with van der Waals surface area (Å²) in [5.41, 5.74) is -1.85. The fourth-order valence-corrected chi connectivity index (χ4v) is 2.02. The minimum atomic E-state index is -4.72. The molecule has 3 nitrogen and oxygen atoms in total. The molecule has 0 aliphatic heterocycles. The smallest absolute Gasteiger partial charge is 0.308 e. The van der Waals surface area contributed by atoms with Gasteiger partial charge in [0.05, 0.1) is 12.1 Å². The summed E-state index contributed by atoms with van der Waals surface area (Å²) < 4.78 is 52.3. The SMILES string of the molecule is O=c1c(F)cc(C(F)(F)F)cn1Cc1cncc(Br)c1. The summed E-state index contributed by atoms with van der Waals surface area (Å²) in [6, 6.07) is 1.77. The monoisotopic (exact) mass is 350 g/mol. The van der Waals surface area contributed by atoms with Gasteiger partial charge < -0.3 is 4.57 Å². The van der Waals surface area contributed by atoms with Crippen LogP contribution in [0.15, 0.2) is 40.0 Å². The van der Waals surface area contributed by atoms with Crippen LogP contribution in [0.1, 0.15) is 11.1 Å². The molecule has 0 saturated heterocycles. The van der Waals surface area contributed by atoms with Crippen LogP contribution in [0.3, 0.4) is 0 Å². The van der Waals surface area contributed by atoms with Crippen molar-refractivity contribution in [1.82, 2.24) is 9.55 Å². The van der Waals surface area contributed by atoms with Gasteiger partial charge in [0.2, 0.25) is 0 Å². The molecule has 2 rings (SSSR count). The summed E-state index contributed by atoms with van der Waals surface area (Å²) in [4.78, 5) is 15.4. The van der Waals surface area contributed by atoms with Crippen LogP contribution >= 0.6 is 15.9 Å². The molecule has 0 aromatic carbocycles. The first kappa shape index (κ1) is 14.7. The molecule has 0 unspecified atom stereocenters. The van der Waals surface area contributed by atoms with Gasteiger partial charge in [0.15, 0.2) is 5.82 Å². The third-order valence-corrected chi connectivity index (χ3v) is 2.92. The molecule has 0 aliphatic rings. The van der Waals surface area contributed by atoms with Gasteiger partial charge in [0, 0.05) is 23.1 Å². The Hall–Kier alpha value is -1.70. The lowest BCUT2D eigenvalue weighted by molar-refractivity contribution is -0.138. The number of aromatic nitrogens is 2. The number of hydrogen-bond donors (Lipinski definition) is 0. The highest BCUT2D eigenvalue weighted by molar-refractivity contribution is 9.10. The fourth-order valence-electron chi connectivity index (χ4n) is 1.61. The molecule has 0 spiro atoms. The zero-order chi connectivity index (χ0) is 14.9. The minimum absolute atomic E-state index is 0.192. The van der Waals surface area contributed by atoms with Gasteiger partial charge in [0.1, 0.15) is 0 Å². The highest BCUT2D eigenvalue weighted by atomic mass is 79.9. The molecule has 0 aliphatic carbocycles. The maximum absolute atomic E-state index is 13.3. The Labute approximate surface area is 119 Å². The summed E-state index contributed by atoms with van der Waals surface area (Å²) in [5.74, 6) is -1.44. The van der Waals surface area contributed by atoms with Crippen LogP contribution in [-0.4, -0.2) is 9.55 Å². The molecule has 2 heterocycles. The van der Waals surface area contributed by atoms with Gasteiger partial charge >= 0.3 is 6.18 Å². The van der Waals surface area contributed by atoms with E-state index in [1.165, 1.54) is 12.4 Å². The van der Waals surface area contributed by atoms with Crippen LogP contribution in [-0.2, 0) is 12.7 Å². The number of alkyl halides is 3. The fraction of sp³-hybridized carbons (Fsp3) is 0.167. The first-order chi connectivity index (χ1) is 9.27. The Morgan fingerprint density at radius 2 is 1.95 bits per heavy atom. The Morgan fingerprint density at radius 3 is 2.55 bits per heavy atom. The van der Waals surface area contributed by atoms with Crippen molar-refractivity contribution in [2.75, 3.05) is 0 Å². The van der Waals surface area contributed by atoms with Crippen LogP contribution < -0.4 is 5.56 Å². The van der Waals surface area contributed by atoms with E-state index >= 15 is 0 Å². The maximum Gasteiger partial charge on any atom is 0.417 e. The second kappa shape index (κ2) is 5.35. The van der Waals surface area contributed by atoms with E-state index in [0.29, 0.717) is 20.8 Å². The number of pyridine rings is 2. The van der Waals surface area contributed by atoms with Crippen molar-refractivity contribution in [1.29, 1.82) is 0 Å². The van der Waals surface area contributed by atoms with Gasteiger partial charge in [-0.15, -0.1) is 0 Å². The third-order valence-electron chi connectivity index (χ3n) is 2.48. The molecule has 0 bridgehead atoms. The van der Waals surface area contributed by atoms with Crippen molar-refractivity contribution in [3.05, 3.63) is 62.5 Å². The lowest BCUT2D eigenvalue weighted by Crippen LogP contribution is -2.25. The van der Waals surface area contributed by atoms with Gasteiger partial charge in [-0.2, -0.15) is 13.2 Å². The molecule has 20 heavy (non-hydrogen) atoms. The summed E-state index contributed by atoms with van der Waals surface area (Å²) in [6.45, 7) is -0.202. The van der Waals surface area contributed by atoms with Crippen molar-refractivity contribution in [2.24, 2.45) is 0 Å². The molecule has 0 N–H and O–H groups in total. The standard InChI is InChI=1S/C12H7BrF4N2O/c13-9-1-7(3-18-4-9)5-19-6-8(12(15,16)17)2-10(14)11(19)20/h1-4,6H,5H2. The molecule has 106 valence electrons. The number of nitrogens with zero attached hydrogens (tertiary/aromatic N) is 2. The molecule has 0 amide bonds. The lowest BCUT2D eigenvalue weighted by Gasteiger charge is -2.11. The zero-order valence-corrected chi connectivity index (χ0v) is 11.4. The van der Waals surface area contributed by atoms with E-state index in [2.05, 4.69) is 20.9 Å². The van der Waals surface area contributed by atoms with Crippen molar-refractivity contribution < 1.29 is 17.6 Å². The zero-order valence-electron chi connectivity index (χ0n) is 9.79. The quantitative estimate of drug-likeness (QED) is 0.779. The average Bonchev–Trinajstić information content (AvgIpc) is 2.33. The average molecular weight is 351 g/mol. The molecule has 0 atom stereocenters. The summed E-state index contributed by atoms with van der Waals surface area (Å²) in [5, 5.41) is 0. The van der Waals surface area contributed by atoms with E-state index in [1.807, 2.05) is 0 Å². The maximum atomic E-state index is 13.3. The van der Waals surface area contributed by atoms with E-state index in [4.69, 9.17) is 0 Å². The molecule has 0 radical (unpaired) electrons. The van der Waals surface area contributed by atoms with Crippen LogP contribution in [0.4, 0.5) is 17.6 Å². The summed E-state index contributed by atoms with van der Waals surface area (Å²) in [7, 11) is 0. The number of hydrogen-bond acceptors (Lipinski definition) is 2. The second-order valence-corrected chi connectivity index (χ2v) is 4.93. The lowest BCUT2D eigenvalue weighted by atomic mass is 10.2. The Bertz CT molecular complexity index is 697.